The van der Waals surface area contributed by atoms with E-state index in [4.69, 9.17) is 11.6 Å². The molecule has 0 aliphatic heterocycles. The molecule has 0 unspecified atom stereocenters. The maximum Gasteiger partial charge on any atom is 0.435 e. The van der Waals surface area contributed by atoms with E-state index in [0.29, 0.717) is 11.0 Å². The van der Waals surface area contributed by atoms with Crippen LogP contribution >= 0.6 is 11.6 Å². The molecule has 0 atom stereocenters. The van der Waals surface area contributed by atoms with E-state index in [-0.39, 0.29) is 17.5 Å². The van der Waals surface area contributed by atoms with Crippen molar-refractivity contribution in [3.63, 3.8) is 0 Å². The Labute approximate surface area is 121 Å². The molecule has 3 heterocycles. The highest BCUT2D eigenvalue weighted by atomic mass is 35.5. The van der Waals surface area contributed by atoms with Gasteiger partial charge in [-0.15, -0.1) is 0 Å². The molecule has 0 saturated heterocycles. The second-order valence-electron chi connectivity index (χ2n) is 4.33. The van der Waals surface area contributed by atoms with Crippen LogP contribution in [0.1, 0.15) is 11.5 Å². The standard InChI is InChI=1S/C11H8ClF3N6/c1-20-10-6(4-16-20)9(12)17-8(18-10)5-21-3-2-7(19-21)11(13,14)15/h2-4H,5H2,1H3. The summed E-state index contributed by atoms with van der Waals surface area (Å²) in [7, 11) is 1.69. The second-order valence-corrected chi connectivity index (χ2v) is 4.69. The molecule has 0 radical (unpaired) electrons. The summed E-state index contributed by atoms with van der Waals surface area (Å²) >= 11 is 6.01. The van der Waals surface area contributed by atoms with Gasteiger partial charge in [-0.1, -0.05) is 11.6 Å². The van der Waals surface area contributed by atoms with Crippen LogP contribution in [0.3, 0.4) is 0 Å². The van der Waals surface area contributed by atoms with Gasteiger partial charge in [0.15, 0.2) is 17.2 Å². The largest absolute Gasteiger partial charge is 0.435 e. The Hall–Kier alpha value is -2.16. The van der Waals surface area contributed by atoms with E-state index in [9.17, 15) is 13.2 Å². The minimum atomic E-state index is -4.48. The van der Waals surface area contributed by atoms with E-state index >= 15 is 0 Å². The smallest absolute Gasteiger partial charge is 0.264 e. The average Bonchev–Trinajstić information content (AvgIpc) is 2.97. The van der Waals surface area contributed by atoms with Gasteiger partial charge in [0.1, 0.15) is 11.7 Å². The fraction of sp³-hybridized carbons (Fsp3) is 0.273. The van der Waals surface area contributed by atoms with Crippen LogP contribution in [0.4, 0.5) is 13.2 Å². The Morgan fingerprint density at radius 2 is 2.05 bits per heavy atom. The molecule has 0 aromatic carbocycles. The van der Waals surface area contributed by atoms with Crippen molar-refractivity contribution in [3.05, 3.63) is 35.1 Å². The Bertz CT molecular complexity index is 806. The first kappa shape index (κ1) is 13.8. The van der Waals surface area contributed by atoms with Gasteiger partial charge in [0.25, 0.3) is 0 Å². The topological polar surface area (TPSA) is 61.4 Å². The number of alkyl halides is 3. The normalized spacial score (nSPS) is 12.2. The van der Waals surface area contributed by atoms with Gasteiger partial charge in [-0.3, -0.25) is 9.36 Å². The Balaban J connectivity index is 1.94. The lowest BCUT2D eigenvalue weighted by molar-refractivity contribution is -0.141. The summed E-state index contributed by atoms with van der Waals surface area (Å²) < 4.78 is 40.1. The summed E-state index contributed by atoms with van der Waals surface area (Å²) in [5.41, 5.74) is -0.455. The van der Waals surface area contributed by atoms with Crippen molar-refractivity contribution in [2.45, 2.75) is 12.7 Å². The number of nitrogens with zero attached hydrogens (tertiary/aromatic N) is 6. The second kappa shape index (κ2) is 4.69. The van der Waals surface area contributed by atoms with Crippen LogP contribution in [0, 0.1) is 0 Å². The molecule has 0 aliphatic rings. The summed E-state index contributed by atoms with van der Waals surface area (Å²) in [6.45, 7) is -0.0169. The van der Waals surface area contributed by atoms with E-state index in [1.165, 1.54) is 17.1 Å². The monoisotopic (exact) mass is 316 g/mol. The van der Waals surface area contributed by atoms with Gasteiger partial charge in [0.2, 0.25) is 0 Å². The molecule has 21 heavy (non-hydrogen) atoms. The molecule has 3 aromatic rings. The van der Waals surface area contributed by atoms with Crippen LogP contribution in [-0.2, 0) is 19.8 Å². The van der Waals surface area contributed by atoms with E-state index in [2.05, 4.69) is 20.2 Å². The minimum absolute atomic E-state index is 0.0169. The lowest BCUT2D eigenvalue weighted by atomic mass is 10.4. The number of rotatable bonds is 2. The number of halogens is 4. The van der Waals surface area contributed by atoms with E-state index in [0.717, 1.165) is 10.7 Å². The first-order chi connectivity index (χ1) is 9.84. The summed E-state index contributed by atoms with van der Waals surface area (Å²) in [4.78, 5) is 8.27. The lowest BCUT2D eigenvalue weighted by Crippen LogP contribution is -2.10. The average molecular weight is 317 g/mol. The van der Waals surface area contributed by atoms with Crippen LogP contribution in [0.2, 0.25) is 5.15 Å². The third-order valence-electron chi connectivity index (χ3n) is 2.83. The van der Waals surface area contributed by atoms with E-state index < -0.39 is 11.9 Å². The number of fused-ring (bicyclic) bond motifs is 1. The predicted octanol–water partition coefficient (Wildman–Crippen LogP) is 2.28. The van der Waals surface area contributed by atoms with Crippen molar-refractivity contribution in [3.8, 4) is 0 Å². The fourth-order valence-corrected chi connectivity index (χ4v) is 2.08. The molecule has 3 aromatic heterocycles. The van der Waals surface area contributed by atoms with Crippen LogP contribution in [0.15, 0.2) is 18.5 Å². The minimum Gasteiger partial charge on any atom is -0.264 e. The molecule has 0 spiro atoms. The third-order valence-corrected chi connectivity index (χ3v) is 3.11. The van der Waals surface area contributed by atoms with Gasteiger partial charge in [0.05, 0.1) is 11.6 Å². The number of hydrogen-bond donors (Lipinski definition) is 0. The summed E-state index contributed by atoms with van der Waals surface area (Å²) in [6, 6.07) is 0.893. The Morgan fingerprint density at radius 1 is 1.29 bits per heavy atom. The van der Waals surface area contributed by atoms with Crippen molar-refractivity contribution < 1.29 is 13.2 Å². The van der Waals surface area contributed by atoms with Crippen LogP contribution in [0.25, 0.3) is 11.0 Å². The molecule has 0 fully saturated rings. The summed E-state index contributed by atoms with van der Waals surface area (Å²) in [5, 5.41) is 8.23. The zero-order valence-corrected chi connectivity index (χ0v) is 11.4. The maximum atomic E-state index is 12.5. The van der Waals surface area contributed by atoms with Crippen molar-refractivity contribution in [2.24, 2.45) is 7.05 Å². The molecule has 0 bridgehead atoms. The first-order valence-electron chi connectivity index (χ1n) is 5.79. The molecule has 6 nitrogen and oxygen atoms in total. The van der Waals surface area contributed by atoms with Crippen LogP contribution in [0.5, 0.6) is 0 Å². The van der Waals surface area contributed by atoms with E-state index in [1.807, 2.05) is 0 Å². The SMILES string of the molecule is Cn1ncc2c(Cl)nc(Cn3ccc(C(F)(F)F)n3)nc21. The van der Waals surface area contributed by atoms with Gasteiger partial charge < -0.3 is 0 Å². The molecule has 3 rings (SSSR count). The fourth-order valence-electron chi connectivity index (χ4n) is 1.85. The number of aryl methyl sites for hydroxylation is 1. The zero-order valence-electron chi connectivity index (χ0n) is 10.6. The molecule has 0 aliphatic carbocycles. The quantitative estimate of drug-likeness (QED) is 0.681. The predicted molar refractivity (Wildman–Crippen MR) is 67.6 cm³/mol. The van der Waals surface area contributed by atoms with Crippen LogP contribution < -0.4 is 0 Å². The van der Waals surface area contributed by atoms with Gasteiger partial charge in [-0.2, -0.15) is 23.4 Å². The molecular formula is C11H8ClF3N6. The summed E-state index contributed by atoms with van der Waals surface area (Å²) in [6.07, 6.45) is -1.74. The molecule has 0 saturated carbocycles. The summed E-state index contributed by atoms with van der Waals surface area (Å²) in [5.74, 6) is 0.257. The first-order valence-corrected chi connectivity index (χ1v) is 6.17. The van der Waals surface area contributed by atoms with Gasteiger partial charge in [-0.05, 0) is 6.07 Å². The Morgan fingerprint density at radius 3 is 2.71 bits per heavy atom. The molecule has 110 valence electrons. The highest BCUT2D eigenvalue weighted by Gasteiger charge is 2.33. The van der Waals surface area contributed by atoms with E-state index in [1.54, 1.807) is 7.05 Å². The highest BCUT2D eigenvalue weighted by molar-refractivity contribution is 6.33. The van der Waals surface area contributed by atoms with Gasteiger partial charge in [0, 0.05) is 13.2 Å². The third kappa shape index (κ3) is 2.56. The molecule has 0 amide bonds. The lowest BCUT2D eigenvalue weighted by Gasteiger charge is -2.04. The van der Waals surface area contributed by atoms with Crippen molar-refractivity contribution >= 4 is 22.6 Å². The molecule has 10 heteroatoms. The number of aromatic nitrogens is 6. The van der Waals surface area contributed by atoms with Crippen molar-refractivity contribution in [1.82, 2.24) is 29.5 Å². The Kier molecular flexibility index (Phi) is 3.08. The highest BCUT2D eigenvalue weighted by Crippen LogP contribution is 2.27. The van der Waals surface area contributed by atoms with Gasteiger partial charge in [-0.25, -0.2) is 9.97 Å². The zero-order chi connectivity index (χ0) is 15.2. The van der Waals surface area contributed by atoms with Crippen molar-refractivity contribution in [1.29, 1.82) is 0 Å². The van der Waals surface area contributed by atoms with Crippen molar-refractivity contribution in [2.75, 3.05) is 0 Å². The number of hydrogen-bond acceptors (Lipinski definition) is 4. The molecular weight excluding hydrogens is 309 g/mol. The van der Waals surface area contributed by atoms with Gasteiger partial charge >= 0.3 is 6.18 Å². The maximum absolute atomic E-state index is 12.5. The van der Waals surface area contributed by atoms with Crippen LogP contribution in [-0.4, -0.2) is 29.5 Å². The molecule has 0 N–H and O–H groups in total.